The van der Waals surface area contributed by atoms with E-state index < -0.39 is 0 Å². The van der Waals surface area contributed by atoms with E-state index in [1.165, 1.54) is 5.56 Å². The SMILES string of the molecule is O=C(/C=C\c1ccsc1)NC1CCN(CCc2ccncc2)CC1. The summed E-state index contributed by atoms with van der Waals surface area (Å²) >= 11 is 1.64. The first-order chi connectivity index (χ1) is 11.8. The standard InChI is InChI=1S/C19H23N3OS/c23-19(2-1-17-8-14-24-15-17)21-18-6-12-22(13-7-18)11-5-16-3-9-20-10-4-16/h1-4,8-10,14-15,18H,5-7,11-13H2,(H,21,23)/b2-1-. The van der Waals surface area contributed by atoms with Gasteiger partial charge in [-0.05, 0) is 65.4 Å². The fourth-order valence-electron chi connectivity index (χ4n) is 2.93. The first-order valence-corrected chi connectivity index (χ1v) is 9.36. The monoisotopic (exact) mass is 341 g/mol. The summed E-state index contributed by atoms with van der Waals surface area (Å²) < 4.78 is 0. The molecule has 2 aromatic heterocycles. The van der Waals surface area contributed by atoms with E-state index in [1.54, 1.807) is 17.4 Å². The van der Waals surface area contributed by atoms with Crippen LogP contribution in [0.2, 0.25) is 0 Å². The van der Waals surface area contributed by atoms with E-state index in [2.05, 4.69) is 27.3 Å². The van der Waals surface area contributed by atoms with Gasteiger partial charge < -0.3 is 10.2 Å². The molecule has 0 atom stereocenters. The Morgan fingerprint density at radius 3 is 2.79 bits per heavy atom. The van der Waals surface area contributed by atoms with Crippen molar-refractivity contribution in [2.24, 2.45) is 0 Å². The van der Waals surface area contributed by atoms with Gasteiger partial charge in [-0.15, -0.1) is 0 Å². The minimum absolute atomic E-state index is 0.0106. The summed E-state index contributed by atoms with van der Waals surface area (Å²) in [5, 5.41) is 7.16. The maximum atomic E-state index is 12.0. The van der Waals surface area contributed by atoms with Crippen molar-refractivity contribution in [3.63, 3.8) is 0 Å². The second-order valence-corrected chi connectivity index (χ2v) is 6.90. The van der Waals surface area contributed by atoms with Crippen LogP contribution >= 0.6 is 11.3 Å². The zero-order valence-corrected chi connectivity index (χ0v) is 14.5. The number of hydrogen-bond acceptors (Lipinski definition) is 4. The maximum absolute atomic E-state index is 12.0. The number of piperidine rings is 1. The molecule has 0 bridgehead atoms. The predicted octanol–water partition coefficient (Wildman–Crippen LogP) is 2.98. The van der Waals surface area contributed by atoms with Crippen molar-refractivity contribution in [1.29, 1.82) is 0 Å². The Bertz CT molecular complexity index is 647. The van der Waals surface area contributed by atoms with Gasteiger partial charge in [0, 0.05) is 44.1 Å². The van der Waals surface area contributed by atoms with E-state index in [9.17, 15) is 4.79 Å². The highest BCUT2D eigenvalue weighted by molar-refractivity contribution is 7.08. The zero-order chi connectivity index (χ0) is 16.6. The van der Waals surface area contributed by atoms with Crippen LogP contribution in [-0.4, -0.2) is 41.5 Å². The largest absolute Gasteiger partial charge is 0.350 e. The molecule has 0 saturated carbocycles. The Balaban J connectivity index is 1.36. The molecule has 1 N–H and O–H groups in total. The fourth-order valence-corrected chi connectivity index (χ4v) is 3.56. The fraction of sp³-hybridized carbons (Fsp3) is 0.368. The molecule has 0 aromatic carbocycles. The van der Waals surface area contributed by atoms with E-state index in [4.69, 9.17) is 0 Å². The molecule has 1 aliphatic heterocycles. The number of thiophene rings is 1. The lowest BCUT2D eigenvalue weighted by atomic mass is 10.0. The molecule has 24 heavy (non-hydrogen) atoms. The summed E-state index contributed by atoms with van der Waals surface area (Å²) in [7, 11) is 0. The number of carbonyl (C=O) groups excluding carboxylic acids is 1. The number of hydrogen-bond donors (Lipinski definition) is 1. The molecule has 1 amide bonds. The van der Waals surface area contributed by atoms with Gasteiger partial charge in [-0.3, -0.25) is 9.78 Å². The lowest BCUT2D eigenvalue weighted by Crippen LogP contribution is -2.44. The van der Waals surface area contributed by atoms with Gasteiger partial charge in [0.1, 0.15) is 0 Å². The normalized spacial score (nSPS) is 16.5. The molecule has 4 nitrogen and oxygen atoms in total. The lowest BCUT2D eigenvalue weighted by molar-refractivity contribution is -0.117. The van der Waals surface area contributed by atoms with Crippen molar-refractivity contribution >= 4 is 23.3 Å². The molecule has 1 fully saturated rings. The Hall–Kier alpha value is -1.98. The van der Waals surface area contributed by atoms with Gasteiger partial charge in [0.25, 0.3) is 0 Å². The molecule has 1 aliphatic rings. The summed E-state index contributed by atoms with van der Waals surface area (Å²) in [6.07, 6.45) is 10.3. The van der Waals surface area contributed by atoms with Crippen LogP contribution in [0.3, 0.4) is 0 Å². The van der Waals surface area contributed by atoms with E-state index in [0.29, 0.717) is 6.04 Å². The highest BCUT2D eigenvalue weighted by Gasteiger charge is 2.19. The third-order valence-electron chi connectivity index (χ3n) is 4.37. The molecule has 3 rings (SSSR count). The molecular weight excluding hydrogens is 318 g/mol. The van der Waals surface area contributed by atoms with E-state index in [-0.39, 0.29) is 5.91 Å². The third kappa shape index (κ3) is 5.28. The van der Waals surface area contributed by atoms with Crippen molar-refractivity contribution in [2.75, 3.05) is 19.6 Å². The predicted molar refractivity (Wildman–Crippen MR) is 98.9 cm³/mol. The third-order valence-corrected chi connectivity index (χ3v) is 5.07. The number of rotatable bonds is 6. The highest BCUT2D eigenvalue weighted by Crippen LogP contribution is 2.12. The number of nitrogens with one attached hydrogen (secondary N) is 1. The number of carbonyl (C=O) groups is 1. The highest BCUT2D eigenvalue weighted by atomic mass is 32.1. The van der Waals surface area contributed by atoms with Crippen molar-refractivity contribution in [3.05, 3.63) is 58.6 Å². The van der Waals surface area contributed by atoms with Crippen LogP contribution in [0.15, 0.2) is 47.4 Å². The van der Waals surface area contributed by atoms with E-state index in [1.807, 2.05) is 35.3 Å². The second kappa shape index (κ2) is 8.76. The summed E-state index contributed by atoms with van der Waals surface area (Å²) in [6, 6.07) is 6.46. The van der Waals surface area contributed by atoms with Gasteiger partial charge in [-0.25, -0.2) is 0 Å². The van der Waals surface area contributed by atoms with Crippen LogP contribution in [0.1, 0.15) is 24.0 Å². The maximum Gasteiger partial charge on any atom is 0.244 e. The average molecular weight is 341 g/mol. The molecule has 0 aliphatic carbocycles. The number of amides is 1. The van der Waals surface area contributed by atoms with Gasteiger partial charge in [0.15, 0.2) is 0 Å². The van der Waals surface area contributed by atoms with Crippen LogP contribution in [-0.2, 0) is 11.2 Å². The van der Waals surface area contributed by atoms with Crippen LogP contribution in [0, 0.1) is 0 Å². The Morgan fingerprint density at radius 1 is 1.29 bits per heavy atom. The van der Waals surface area contributed by atoms with Crippen LogP contribution in [0.25, 0.3) is 6.08 Å². The Labute approximate surface area is 147 Å². The first-order valence-electron chi connectivity index (χ1n) is 8.41. The second-order valence-electron chi connectivity index (χ2n) is 6.12. The Morgan fingerprint density at radius 2 is 2.08 bits per heavy atom. The van der Waals surface area contributed by atoms with Gasteiger partial charge >= 0.3 is 0 Å². The summed E-state index contributed by atoms with van der Waals surface area (Å²) in [5.74, 6) is 0.0106. The molecule has 0 spiro atoms. The number of aromatic nitrogens is 1. The average Bonchev–Trinajstić information content (AvgIpc) is 3.14. The minimum Gasteiger partial charge on any atom is -0.350 e. The smallest absolute Gasteiger partial charge is 0.244 e. The van der Waals surface area contributed by atoms with Crippen LogP contribution < -0.4 is 5.32 Å². The Kier molecular flexibility index (Phi) is 6.15. The number of pyridine rings is 1. The topological polar surface area (TPSA) is 45.2 Å². The number of likely N-dealkylation sites (tertiary alicyclic amines) is 1. The van der Waals surface area contributed by atoms with Crippen molar-refractivity contribution < 1.29 is 4.79 Å². The lowest BCUT2D eigenvalue weighted by Gasteiger charge is -2.32. The minimum atomic E-state index is 0.0106. The summed E-state index contributed by atoms with van der Waals surface area (Å²) in [4.78, 5) is 18.5. The molecule has 3 heterocycles. The molecule has 1 saturated heterocycles. The molecule has 0 unspecified atom stereocenters. The van der Waals surface area contributed by atoms with Gasteiger partial charge in [-0.2, -0.15) is 11.3 Å². The van der Waals surface area contributed by atoms with Crippen LogP contribution in [0.4, 0.5) is 0 Å². The molecular formula is C19H23N3OS. The summed E-state index contributed by atoms with van der Waals surface area (Å²) in [5.41, 5.74) is 2.42. The first kappa shape index (κ1) is 16.9. The summed E-state index contributed by atoms with van der Waals surface area (Å²) in [6.45, 7) is 3.16. The molecule has 2 aromatic rings. The zero-order valence-electron chi connectivity index (χ0n) is 13.7. The van der Waals surface area contributed by atoms with E-state index >= 15 is 0 Å². The van der Waals surface area contributed by atoms with Crippen molar-refractivity contribution in [1.82, 2.24) is 15.2 Å². The number of nitrogens with zero attached hydrogens (tertiary/aromatic N) is 2. The quantitative estimate of drug-likeness (QED) is 0.822. The van der Waals surface area contributed by atoms with Gasteiger partial charge in [0.05, 0.1) is 0 Å². The van der Waals surface area contributed by atoms with Crippen molar-refractivity contribution in [2.45, 2.75) is 25.3 Å². The van der Waals surface area contributed by atoms with E-state index in [0.717, 1.165) is 44.5 Å². The van der Waals surface area contributed by atoms with Gasteiger partial charge in [-0.1, -0.05) is 0 Å². The molecule has 0 radical (unpaired) electrons. The van der Waals surface area contributed by atoms with Gasteiger partial charge in [0.2, 0.25) is 5.91 Å². The molecule has 5 heteroatoms. The molecule has 126 valence electrons. The van der Waals surface area contributed by atoms with Crippen LogP contribution in [0.5, 0.6) is 0 Å². The van der Waals surface area contributed by atoms with Crippen molar-refractivity contribution in [3.8, 4) is 0 Å².